The van der Waals surface area contributed by atoms with E-state index in [1.807, 2.05) is 0 Å². The number of anilines is 1. The van der Waals surface area contributed by atoms with Gasteiger partial charge in [-0.05, 0) is 37.3 Å². The van der Waals surface area contributed by atoms with Gasteiger partial charge in [0.25, 0.3) is 5.91 Å². The maximum atomic E-state index is 11.9. The molecule has 0 saturated heterocycles. The minimum atomic E-state index is -3.36. The maximum absolute atomic E-state index is 11.9. The lowest BCUT2D eigenvalue weighted by atomic mass is 10.2. The highest BCUT2D eigenvalue weighted by atomic mass is 35.5. The van der Waals surface area contributed by atoms with Gasteiger partial charge in [-0.15, -0.1) is 0 Å². The Morgan fingerprint density at radius 1 is 1.15 bits per heavy atom. The molecule has 0 saturated carbocycles. The van der Waals surface area contributed by atoms with Gasteiger partial charge < -0.3 is 10.1 Å². The number of sulfone groups is 1. The molecule has 2 aromatic rings. The number of hydrogen-bond donors (Lipinski definition) is 1. The lowest BCUT2D eigenvalue weighted by Crippen LogP contribution is -2.21. The number of amides is 1. The van der Waals surface area contributed by atoms with Gasteiger partial charge in [0.1, 0.15) is 0 Å². The Bertz CT molecular complexity index is 959. The van der Waals surface area contributed by atoms with E-state index in [9.17, 15) is 18.0 Å². The lowest BCUT2D eigenvalue weighted by Gasteiger charge is -2.09. The smallest absolute Gasteiger partial charge is 0.338 e. The van der Waals surface area contributed by atoms with E-state index < -0.39 is 28.3 Å². The molecule has 1 heterocycles. The summed E-state index contributed by atoms with van der Waals surface area (Å²) in [7, 11) is -3.36. The van der Waals surface area contributed by atoms with Crippen molar-refractivity contribution in [2.45, 2.75) is 11.8 Å². The van der Waals surface area contributed by atoms with Gasteiger partial charge in [0, 0.05) is 6.26 Å². The number of ether oxygens (including phenoxy) is 1. The van der Waals surface area contributed by atoms with Crippen molar-refractivity contribution in [3.05, 3.63) is 51.6 Å². The van der Waals surface area contributed by atoms with Crippen LogP contribution in [0.4, 0.5) is 5.82 Å². The number of benzene rings is 1. The number of nitrogens with one attached hydrogen (secondary N) is 1. The molecule has 7 nitrogen and oxygen atoms in total. The third kappa shape index (κ3) is 5.17. The van der Waals surface area contributed by atoms with Crippen LogP contribution in [0.5, 0.6) is 0 Å². The molecule has 1 amide bonds. The van der Waals surface area contributed by atoms with Crippen molar-refractivity contribution in [2.75, 3.05) is 18.2 Å². The summed E-state index contributed by atoms with van der Waals surface area (Å²) < 4.78 is 27.6. The molecule has 0 atom stereocenters. The van der Waals surface area contributed by atoms with Crippen molar-refractivity contribution in [1.29, 1.82) is 0 Å². The predicted molar refractivity (Wildman–Crippen MR) is 97.5 cm³/mol. The highest BCUT2D eigenvalue weighted by molar-refractivity contribution is 7.90. The highest BCUT2D eigenvalue weighted by Crippen LogP contribution is 2.25. The van der Waals surface area contributed by atoms with Gasteiger partial charge in [0.2, 0.25) is 0 Å². The average Bonchev–Trinajstić information content (AvgIpc) is 2.57. The van der Waals surface area contributed by atoms with Crippen LogP contribution >= 0.6 is 23.2 Å². The SMILES string of the molecule is Cc1nc(NC(=O)COC(=O)c2ccc(S(C)(=O)=O)cc2)c(Cl)cc1Cl. The normalized spacial score (nSPS) is 11.1. The quantitative estimate of drug-likeness (QED) is 0.751. The zero-order valence-corrected chi connectivity index (χ0v) is 16.1. The largest absolute Gasteiger partial charge is 0.452 e. The molecule has 0 unspecified atom stereocenters. The van der Waals surface area contributed by atoms with Gasteiger partial charge in [-0.2, -0.15) is 0 Å². The zero-order chi connectivity index (χ0) is 19.5. The van der Waals surface area contributed by atoms with Crippen LogP contribution in [0.1, 0.15) is 16.1 Å². The number of nitrogens with zero attached hydrogens (tertiary/aromatic N) is 1. The topological polar surface area (TPSA) is 102 Å². The molecule has 0 fully saturated rings. The molecular weight excluding hydrogens is 403 g/mol. The Hall–Kier alpha value is -2.16. The summed E-state index contributed by atoms with van der Waals surface area (Å²) in [5.74, 6) is -1.30. The van der Waals surface area contributed by atoms with Crippen molar-refractivity contribution in [3.8, 4) is 0 Å². The maximum Gasteiger partial charge on any atom is 0.338 e. The molecule has 0 aliphatic heterocycles. The number of carbonyl (C=O) groups is 2. The van der Waals surface area contributed by atoms with E-state index in [0.29, 0.717) is 10.7 Å². The second-order valence-electron chi connectivity index (χ2n) is 5.31. The fourth-order valence-electron chi connectivity index (χ4n) is 1.87. The van der Waals surface area contributed by atoms with Gasteiger partial charge >= 0.3 is 5.97 Å². The lowest BCUT2D eigenvalue weighted by molar-refractivity contribution is -0.119. The summed E-state index contributed by atoms with van der Waals surface area (Å²) in [5, 5.41) is 2.92. The summed E-state index contributed by atoms with van der Waals surface area (Å²) in [5.41, 5.74) is 0.595. The highest BCUT2D eigenvalue weighted by Gasteiger charge is 2.14. The number of aromatic nitrogens is 1. The molecule has 0 bridgehead atoms. The van der Waals surface area contributed by atoms with E-state index in [1.54, 1.807) is 6.92 Å². The summed E-state index contributed by atoms with van der Waals surface area (Å²) >= 11 is 11.8. The van der Waals surface area contributed by atoms with Gasteiger partial charge in [-0.3, -0.25) is 4.79 Å². The van der Waals surface area contributed by atoms with Crippen LogP contribution in [0.3, 0.4) is 0 Å². The third-order valence-electron chi connectivity index (χ3n) is 3.22. The molecule has 26 heavy (non-hydrogen) atoms. The molecule has 1 aromatic heterocycles. The van der Waals surface area contributed by atoms with Crippen LogP contribution in [0.15, 0.2) is 35.2 Å². The van der Waals surface area contributed by atoms with Crippen LogP contribution < -0.4 is 5.32 Å². The second-order valence-corrected chi connectivity index (χ2v) is 8.14. The van der Waals surface area contributed by atoms with Crippen molar-refractivity contribution in [3.63, 3.8) is 0 Å². The molecule has 0 radical (unpaired) electrons. The summed E-state index contributed by atoms with van der Waals surface area (Å²) in [6.07, 6.45) is 1.06. The van der Waals surface area contributed by atoms with E-state index in [-0.39, 0.29) is 21.3 Å². The Morgan fingerprint density at radius 2 is 1.77 bits per heavy atom. The predicted octanol–water partition coefficient (Wildman–Crippen LogP) is 2.90. The number of aryl methyl sites for hydroxylation is 1. The van der Waals surface area contributed by atoms with E-state index in [0.717, 1.165) is 6.26 Å². The van der Waals surface area contributed by atoms with Gasteiger partial charge in [0.05, 0.1) is 26.2 Å². The van der Waals surface area contributed by atoms with Crippen molar-refractivity contribution in [1.82, 2.24) is 4.98 Å². The standard InChI is InChI=1S/C16H14Cl2N2O5S/c1-9-12(17)7-13(18)15(19-9)20-14(21)8-25-16(22)10-3-5-11(6-4-10)26(2,23)24/h3-7H,8H2,1-2H3,(H,19,20,21). The summed E-state index contributed by atoms with van der Waals surface area (Å²) in [4.78, 5) is 27.9. The fraction of sp³-hybridized carbons (Fsp3) is 0.188. The van der Waals surface area contributed by atoms with Crippen molar-refractivity contribution >= 4 is 50.7 Å². The minimum absolute atomic E-state index is 0.0746. The van der Waals surface area contributed by atoms with Crippen molar-refractivity contribution in [2.24, 2.45) is 0 Å². The third-order valence-corrected chi connectivity index (χ3v) is 5.01. The van der Waals surface area contributed by atoms with Crippen LogP contribution in [-0.4, -0.2) is 38.1 Å². The van der Waals surface area contributed by atoms with Crippen LogP contribution in [0.25, 0.3) is 0 Å². The van der Waals surface area contributed by atoms with Crippen LogP contribution in [0.2, 0.25) is 10.0 Å². The van der Waals surface area contributed by atoms with E-state index in [1.165, 1.54) is 30.3 Å². The molecule has 138 valence electrons. The Balaban J connectivity index is 1.97. The van der Waals surface area contributed by atoms with Crippen LogP contribution in [0, 0.1) is 6.92 Å². The molecule has 0 aliphatic rings. The molecule has 0 spiro atoms. The summed E-state index contributed by atoms with van der Waals surface area (Å²) in [6.45, 7) is 1.08. The summed E-state index contributed by atoms with van der Waals surface area (Å²) in [6, 6.07) is 6.62. The molecule has 0 aliphatic carbocycles. The van der Waals surface area contributed by atoms with Crippen LogP contribution in [-0.2, 0) is 19.4 Å². The van der Waals surface area contributed by atoms with Gasteiger partial charge in [0.15, 0.2) is 22.3 Å². The van der Waals surface area contributed by atoms with E-state index in [4.69, 9.17) is 27.9 Å². The first-order chi connectivity index (χ1) is 12.1. The average molecular weight is 417 g/mol. The molecule has 2 rings (SSSR count). The Morgan fingerprint density at radius 3 is 2.35 bits per heavy atom. The molecule has 1 N–H and O–H groups in total. The first kappa shape index (κ1) is 20.2. The second kappa shape index (κ2) is 8.03. The Kier molecular flexibility index (Phi) is 6.22. The number of rotatable bonds is 5. The molecule has 1 aromatic carbocycles. The monoisotopic (exact) mass is 416 g/mol. The first-order valence-corrected chi connectivity index (χ1v) is 9.82. The molecular formula is C16H14Cl2N2O5S. The van der Waals surface area contributed by atoms with E-state index >= 15 is 0 Å². The number of hydrogen-bond acceptors (Lipinski definition) is 6. The minimum Gasteiger partial charge on any atom is -0.452 e. The number of halogens is 2. The number of carbonyl (C=O) groups excluding carboxylic acids is 2. The van der Waals surface area contributed by atoms with E-state index in [2.05, 4.69) is 10.3 Å². The zero-order valence-electron chi connectivity index (χ0n) is 13.7. The number of esters is 1. The van der Waals surface area contributed by atoms with Gasteiger partial charge in [-0.1, -0.05) is 23.2 Å². The first-order valence-electron chi connectivity index (χ1n) is 7.17. The van der Waals surface area contributed by atoms with Crippen molar-refractivity contribution < 1.29 is 22.7 Å². The Labute approximate surface area is 160 Å². The fourth-order valence-corrected chi connectivity index (χ4v) is 2.90. The number of pyridine rings is 1. The van der Waals surface area contributed by atoms with Gasteiger partial charge in [-0.25, -0.2) is 18.2 Å². The molecule has 10 heteroatoms.